The van der Waals surface area contributed by atoms with E-state index in [9.17, 15) is 0 Å². The van der Waals surface area contributed by atoms with E-state index in [1.807, 2.05) is 12.1 Å². The van der Waals surface area contributed by atoms with Crippen molar-refractivity contribution in [3.63, 3.8) is 0 Å². The lowest BCUT2D eigenvalue weighted by atomic mass is 10.2. The number of thioether (sulfide) groups is 1. The van der Waals surface area contributed by atoms with Crippen molar-refractivity contribution in [2.45, 2.75) is 18.5 Å². The number of ether oxygens (including phenoxy) is 1. The van der Waals surface area contributed by atoms with Crippen LogP contribution in [0.2, 0.25) is 0 Å². The Morgan fingerprint density at radius 1 is 1.15 bits per heavy atom. The van der Waals surface area contributed by atoms with Crippen molar-refractivity contribution >= 4 is 23.4 Å². The Kier molecular flexibility index (Phi) is 5.06. The predicted molar refractivity (Wildman–Crippen MR) is 82.9 cm³/mol. The van der Waals surface area contributed by atoms with Gasteiger partial charge in [0, 0.05) is 11.8 Å². The van der Waals surface area contributed by atoms with Crippen LogP contribution in [0, 0.1) is 0 Å². The van der Waals surface area contributed by atoms with E-state index in [0.717, 1.165) is 17.9 Å². The van der Waals surface area contributed by atoms with Gasteiger partial charge in [-0.2, -0.15) is 0 Å². The first kappa shape index (κ1) is 14.5. The Balaban J connectivity index is 1.81. The molecule has 0 aliphatic heterocycles. The molecule has 0 saturated heterocycles. The first-order valence-corrected chi connectivity index (χ1v) is 7.40. The summed E-state index contributed by atoms with van der Waals surface area (Å²) in [6.07, 6.45) is 1.00. The van der Waals surface area contributed by atoms with E-state index >= 15 is 0 Å². The fourth-order valence-electron chi connectivity index (χ4n) is 1.67. The molecule has 1 heterocycles. The summed E-state index contributed by atoms with van der Waals surface area (Å²) in [6, 6.07) is 9.64. The summed E-state index contributed by atoms with van der Waals surface area (Å²) >= 11 is 1.47. The van der Waals surface area contributed by atoms with Gasteiger partial charge in [0.1, 0.15) is 17.4 Å². The number of rotatable bonds is 6. The van der Waals surface area contributed by atoms with Gasteiger partial charge in [-0.15, -0.1) is 0 Å². The van der Waals surface area contributed by atoms with Crippen molar-refractivity contribution in [3.8, 4) is 5.75 Å². The molecule has 6 heteroatoms. The number of nitrogen functional groups attached to an aromatic ring is 2. The molecule has 1 aromatic carbocycles. The molecule has 0 saturated carbocycles. The smallest absolute Gasteiger partial charge is 0.191 e. The average Bonchev–Trinajstić information content (AvgIpc) is 2.43. The number of anilines is 2. The Morgan fingerprint density at radius 2 is 1.90 bits per heavy atom. The first-order chi connectivity index (χ1) is 9.67. The van der Waals surface area contributed by atoms with Crippen molar-refractivity contribution in [1.82, 2.24) is 9.97 Å². The van der Waals surface area contributed by atoms with Gasteiger partial charge in [0.2, 0.25) is 0 Å². The minimum absolute atomic E-state index is 0.386. The van der Waals surface area contributed by atoms with Crippen LogP contribution in [-0.4, -0.2) is 22.3 Å². The van der Waals surface area contributed by atoms with Gasteiger partial charge in [0.15, 0.2) is 5.16 Å². The van der Waals surface area contributed by atoms with Crippen LogP contribution in [0.25, 0.3) is 0 Å². The molecule has 0 radical (unpaired) electrons. The summed E-state index contributed by atoms with van der Waals surface area (Å²) in [4.78, 5) is 8.20. The quantitative estimate of drug-likeness (QED) is 0.482. The fourth-order valence-corrected chi connectivity index (χ4v) is 2.36. The van der Waals surface area contributed by atoms with Gasteiger partial charge >= 0.3 is 0 Å². The largest absolute Gasteiger partial charge is 0.493 e. The zero-order chi connectivity index (χ0) is 14.4. The van der Waals surface area contributed by atoms with Crippen molar-refractivity contribution in [1.29, 1.82) is 0 Å². The number of hydrogen-bond acceptors (Lipinski definition) is 6. The van der Waals surface area contributed by atoms with Crippen molar-refractivity contribution in [2.24, 2.45) is 0 Å². The van der Waals surface area contributed by atoms with E-state index in [1.165, 1.54) is 23.4 Å². The number of hydrogen-bond donors (Lipinski definition) is 2. The second kappa shape index (κ2) is 7.00. The van der Waals surface area contributed by atoms with Crippen molar-refractivity contribution < 1.29 is 4.74 Å². The van der Waals surface area contributed by atoms with Crippen LogP contribution in [-0.2, 0) is 6.42 Å². The molecule has 0 aliphatic rings. The van der Waals surface area contributed by atoms with E-state index in [2.05, 4.69) is 29.0 Å². The maximum absolute atomic E-state index is 5.69. The maximum Gasteiger partial charge on any atom is 0.191 e. The van der Waals surface area contributed by atoms with Crippen molar-refractivity contribution in [2.75, 3.05) is 23.8 Å². The molecule has 0 fully saturated rings. The third-order valence-corrected chi connectivity index (χ3v) is 3.45. The molecule has 2 aromatic rings. The lowest BCUT2D eigenvalue weighted by Gasteiger charge is -2.07. The molecule has 0 amide bonds. The van der Waals surface area contributed by atoms with Gasteiger partial charge < -0.3 is 16.2 Å². The molecule has 0 aliphatic carbocycles. The molecule has 1 aromatic heterocycles. The second-order valence-corrected chi connectivity index (χ2v) is 5.26. The highest BCUT2D eigenvalue weighted by molar-refractivity contribution is 7.99. The van der Waals surface area contributed by atoms with E-state index in [-0.39, 0.29) is 0 Å². The van der Waals surface area contributed by atoms with Gasteiger partial charge in [-0.3, -0.25) is 0 Å². The van der Waals surface area contributed by atoms with E-state index in [4.69, 9.17) is 16.2 Å². The monoisotopic (exact) mass is 290 g/mol. The molecule has 2 rings (SSSR count). The first-order valence-electron chi connectivity index (χ1n) is 6.42. The third-order valence-electron chi connectivity index (χ3n) is 2.64. The highest BCUT2D eigenvalue weighted by atomic mass is 32.2. The average molecular weight is 290 g/mol. The van der Waals surface area contributed by atoms with Gasteiger partial charge in [-0.05, 0) is 24.1 Å². The van der Waals surface area contributed by atoms with Crippen LogP contribution in [0.15, 0.2) is 35.5 Å². The number of aromatic nitrogens is 2. The zero-order valence-electron chi connectivity index (χ0n) is 11.4. The number of nitrogens with zero attached hydrogens (tertiary/aromatic N) is 2. The lowest BCUT2D eigenvalue weighted by Crippen LogP contribution is -2.03. The third kappa shape index (κ3) is 4.31. The van der Waals surface area contributed by atoms with Gasteiger partial charge in [0.05, 0.1) is 6.61 Å². The van der Waals surface area contributed by atoms with Crippen LogP contribution >= 0.6 is 11.8 Å². The number of nitrogens with two attached hydrogens (primary N) is 2. The normalized spacial score (nSPS) is 10.4. The Bertz CT molecular complexity index is 557. The van der Waals surface area contributed by atoms with Crippen LogP contribution in [0.4, 0.5) is 11.6 Å². The Morgan fingerprint density at radius 3 is 2.60 bits per heavy atom. The summed E-state index contributed by atoms with van der Waals surface area (Å²) < 4.78 is 5.69. The maximum atomic E-state index is 5.69. The predicted octanol–water partition coefficient (Wildman–Crippen LogP) is 2.37. The summed E-state index contributed by atoms with van der Waals surface area (Å²) in [5.41, 5.74) is 12.5. The summed E-state index contributed by atoms with van der Waals surface area (Å²) in [7, 11) is 0. The number of benzene rings is 1. The highest BCUT2D eigenvalue weighted by Gasteiger charge is 2.02. The highest BCUT2D eigenvalue weighted by Crippen LogP contribution is 2.17. The molecular formula is C14H18N4OS. The molecule has 5 nitrogen and oxygen atoms in total. The van der Waals surface area contributed by atoms with Crippen molar-refractivity contribution in [3.05, 3.63) is 35.9 Å². The van der Waals surface area contributed by atoms with E-state index < -0.39 is 0 Å². The summed E-state index contributed by atoms with van der Waals surface area (Å²) in [5.74, 6) is 2.39. The van der Waals surface area contributed by atoms with E-state index in [0.29, 0.717) is 23.4 Å². The summed E-state index contributed by atoms with van der Waals surface area (Å²) in [6.45, 7) is 2.70. The van der Waals surface area contributed by atoms with Gasteiger partial charge in [-0.25, -0.2) is 9.97 Å². The lowest BCUT2D eigenvalue weighted by molar-refractivity contribution is 0.343. The van der Waals surface area contributed by atoms with Crippen LogP contribution in [0.5, 0.6) is 5.75 Å². The molecule has 106 valence electrons. The van der Waals surface area contributed by atoms with Crippen LogP contribution in [0.3, 0.4) is 0 Å². The minimum atomic E-state index is 0.386. The summed E-state index contributed by atoms with van der Waals surface area (Å²) in [5, 5.41) is 0.577. The Hall–Kier alpha value is -1.95. The van der Waals surface area contributed by atoms with Crippen LogP contribution in [0.1, 0.15) is 12.5 Å². The Labute approximate surface area is 122 Å². The molecule has 0 spiro atoms. The van der Waals surface area contributed by atoms with Gasteiger partial charge in [0.25, 0.3) is 0 Å². The number of aryl methyl sites for hydroxylation is 1. The van der Waals surface area contributed by atoms with Crippen LogP contribution < -0.4 is 16.2 Å². The zero-order valence-corrected chi connectivity index (χ0v) is 12.2. The van der Waals surface area contributed by atoms with Gasteiger partial charge in [-0.1, -0.05) is 30.8 Å². The fraction of sp³-hybridized carbons (Fsp3) is 0.286. The van der Waals surface area contributed by atoms with E-state index in [1.54, 1.807) is 0 Å². The molecule has 0 unspecified atom stereocenters. The second-order valence-electron chi connectivity index (χ2n) is 4.20. The molecule has 0 bridgehead atoms. The topological polar surface area (TPSA) is 87.0 Å². The minimum Gasteiger partial charge on any atom is -0.493 e. The molecule has 4 N–H and O–H groups in total. The molecule has 20 heavy (non-hydrogen) atoms. The molecular weight excluding hydrogens is 272 g/mol. The molecule has 0 atom stereocenters. The standard InChI is InChI=1S/C14H18N4OS/c1-2-10-4-3-5-11(8-10)19-6-7-20-14-17-12(15)9-13(16)18-14/h3-5,8-9H,2,6-7H2,1H3,(H4,15,16,17,18). The SMILES string of the molecule is CCc1cccc(OCCSc2nc(N)cc(N)n2)c1.